The van der Waals surface area contributed by atoms with Crippen molar-refractivity contribution < 1.29 is 19.1 Å². The Balaban J connectivity index is 2.29. The van der Waals surface area contributed by atoms with Crippen LogP contribution in [0.2, 0.25) is 5.02 Å². The molecule has 1 N–H and O–H groups in total. The van der Waals surface area contributed by atoms with Gasteiger partial charge in [-0.15, -0.1) is 0 Å². The van der Waals surface area contributed by atoms with Gasteiger partial charge in [0.25, 0.3) is 0 Å². The van der Waals surface area contributed by atoms with Crippen LogP contribution in [0.25, 0.3) is 22.3 Å². The predicted molar refractivity (Wildman–Crippen MR) is 95.5 cm³/mol. The fraction of sp³-hybridized carbons (Fsp3) is 0.158. The molecule has 0 aliphatic rings. The standard InChI is InChI=1S/C19H15ClO5/c1-10-3-5-12(6-4-10)18-19(24-9-16(21)22)17(23)13-8-14(20)11(2)7-15(13)25-18/h3-8H,9H2,1-2H3,(H,21,22). The Morgan fingerprint density at radius 2 is 1.88 bits per heavy atom. The van der Waals surface area contributed by atoms with Crippen molar-refractivity contribution >= 4 is 28.5 Å². The first-order chi connectivity index (χ1) is 11.9. The zero-order valence-electron chi connectivity index (χ0n) is 13.6. The molecule has 0 aliphatic carbocycles. The first-order valence-electron chi connectivity index (χ1n) is 7.55. The molecule has 0 saturated heterocycles. The summed E-state index contributed by atoms with van der Waals surface area (Å²) in [6.45, 7) is 3.10. The summed E-state index contributed by atoms with van der Waals surface area (Å²) in [5, 5.41) is 9.54. The second-order valence-corrected chi connectivity index (χ2v) is 6.14. The van der Waals surface area contributed by atoms with Crippen LogP contribution in [0.1, 0.15) is 11.1 Å². The number of carboxylic acid groups (broad SMARTS) is 1. The summed E-state index contributed by atoms with van der Waals surface area (Å²) in [7, 11) is 0. The molecule has 0 unspecified atom stereocenters. The van der Waals surface area contributed by atoms with Gasteiger partial charge in [-0.05, 0) is 31.5 Å². The van der Waals surface area contributed by atoms with Gasteiger partial charge in [0.15, 0.2) is 12.4 Å². The number of halogens is 1. The van der Waals surface area contributed by atoms with Crippen molar-refractivity contribution in [3.8, 4) is 17.1 Å². The number of carbonyl (C=O) groups is 1. The largest absolute Gasteiger partial charge is 0.479 e. The van der Waals surface area contributed by atoms with E-state index in [2.05, 4.69) is 0 Å². The third-order valence-corrected chi connectivity index (χ3v) is 4.19. The lowest BCUT2D eigenvalue weighted by Crippen LogP contribution is -2.16. The summed E-state index contributed by atoms with van der Waals surface area (Å²) in [6.07, 6.45) is 0. The van der Waals surface area contributed by atoms with E-state index in [1.165, 1.54) is 6.07 Å². The van der Waals surface area contributed by atoms with Crippen LogP contribution >= 0.6 is 11.6 Å². The molecule has 3 aromatic rings. The lowest BCUT2D eigenvalue weighted by atomic mass is 10.1. The molecular weight excluding hydrogens is 344 g/mol. The number of hydrogen-bond acceptors (Lipinski definition) is 4. The van der Waals surface area contributed by atoms with Gasteiger partial charge in [-0.2, -0.15) is 0 Å². The quantitative estimate of drug-likeness (QED) is 0.756. The lowest BCUT2D eigenvalue weighted by molar-refractivity contribution is -0.139. The number of ether oxygens (including phenoxy) is 1. The number of hydrogen-bond donors (Lipinski definition) is 1. The van der Waals surface area contributed by atoms with E-state index in [-0.39, 0.29) is 16.9 Å². The van der Waals surface area contributed by atoms with Crippen LogP contribution in [0, 0.1) is 13.8 Å². The van der Waals surface area contributed by atoms with E-state index < -0.39 is 18.0 Å². The zero-order chi connectivity index (χ0) is 18.1. The first kappa shape index (κ1) is 17.0. The summed E-state index contributed by atoms with van der Waals surface area (Å²) in [6, 6.07) is 10.5. The SMILES string of the molecule is Cc1ccc(-c2oc3cc(C)c(Cl)cc3c(=O)c2OCC(=O)O)cc1. The average Bonchev–Trinajstić information content (AvgIpc) is 2.56. The Morgan fingerprint density at radius 1 is 1.20 bits per heavy atom. The van der Waals surface area contributed by atoms with Gasteiger partial charge < -0.3 is 14.3 Å². The second kappa shape index (κ2) is 6.61. The van der Waals surface area contributed by atoms with Gasteiger partial charge in [0.1, 0.15) is 5.58 Å². The third kappa shape index (κ3) is 3.37. The van der Waals surface area contributed by atoms with E-state index in [0.717, 1.165) is 11.1 Å². The molecule has 0 atom stereocenters. The molecule has 2 aromatic carbocycles. The maximum Gasteiger partial charge on any atom is 0.341 e. The van der Waals surface area contributed by atoms with Crippen LogP contribution in [-0.4, -0.2) is 17.7 Å². The third-order valence-electron chi connectivity index (χ3n) is 3.78. The first-order valence-corrected chi connectivity index (χ1v) is 7.93. The molecule has 0 amide bonds. The molecule has 6 heteroatoms. The van der Waals surface area contributed by atoms with Crippen molar-refractivity contribution in [3.63, 3.8) is 0 Å². The molecular formula is C19H15ClO5. The Hall–Kier alpha value is -2.79. The van der Waals surface area contributed by atoms with Gasteiger partial charge in [-0.1, -0.05) is 41.4 Å². The summed E-state index contributed by atoms with van der Waals surface area (Å²) in [5.74, 6) is -1.13. The van der Waals surface area contributed by atoms with E-state index >= 15 is 0 Å². The topological polar surface area (TPSA) is 76.7 Å². The summed E-state index contributed by atoms with van der Waals surface area (Å²) in [4.78, 5) is 23.7. The molecule has 0 fully saturated rings. The Labute approximate surface area is 148 Å². The summed E-state index contributed by atoms with van der Waals surface area (Å²) >= 11 is 6.10. The van der Waals surface area contributed by atoms with Gasteiger partial charge in [0.2, 0.25) is 11.2 Å². The molecule has 128 valence electrons. The normalized spacial score (nSPS) is 10.8. The molecule has 0 radical (unpaired) electrons. The molecule has 1 aromatic heterocycles. The highest BCUT2D eigenvalue weighted by molar-refractivity contribution is 6.32. The monoisotopic (exact) mass is 358 g/mol. The van der Waals surface area contributed by atoms with Crippen molar-refractivity contribution in [2.75, 3.05) is 6.61 Å². The van der Waals surface area contributed by atoms with Gasteiger partial charge in [-0.25, -0.2) is 4.79 Å². The average molecular weight is 359 g/mol. The Bertz CT molecular complexity index is 1020. The zero-order valence-corrected chi connectivity index (χ0v) is 14.4. The number of aryl methyl sites for hydroxylation is 2. The Kier molecular flexibility index (Phi) is 4.51. The smallest absolute Gasteiger partial charge is 0.341 e. The van der Waals surface area contributed by atoms with Gasteiger partial charge in [-0.3, -0.25) is 4.79 Å². The van der Waals surface area contributed by atoms with E-state index in [1.807, 2.05) is 26.0 Å². The van der Waals surface area contributed by atoms with Crippen LogP contribution in [0.4, 0.5) is 0 Å². The number of benzene rings is 2. The van der Waals surface area contributed by atoms with Gasteiger partial charge >= 0.3 is 5.97 Å². The fourth-order valence-electron chi connectivity index (χ4n) is 2.46. The van der Waals surface area contributed by atoms with Crippen molar-refractivity contribution in [2.24, 2.45) is 0 Å². The van der Waals surface area contributed by atoms with Crippen LogP contribution in [0.5, 0.6) is 5.75 Å². The van der Waals surface area contributed by atoms with E-state index in [0.29, 0.717) is 16.2 Å². The Morgan fingerprint density at radius 3 is 2.52 bits per heavy atom. The number of fused-ring (bicyclic) bond motifs is 1. The highest BCUT2D eigenvalue weighted by Crippen LogP contribution is 2.32. The minimum atomic E-state index is -1.18. The molecule has 25 heavy (non-hydrogen) atoms. The van der Waals surface area contributed by atoms with E-state index in [1.54, 1.807) is 18.2 Å². The van der Waals surface area contributed by atoms with Crippen LogP contribution in [-0.2, 0) is 4.79 Å². The van der Waals surface area contributed by atoms with Crippen LogP contribution in [0.15, 0.2) is 45.6 Å². The molecule has 0 bridgehead atoms. The van der Waals surface area contributed by atoms with E-state index in [4.69, 9.17) is 25.9 Å². The maximum absolute atomic E-state index is 12.8. The van der Waals surface area contributed by atoms with Gasteiger partial charge in [0, 0.05) is 10.6 Å². The molecule has 3 rings (SSSR count). The fourth-order valence-corrected chi connectivity index (χ4v) is 2.62. The summed E-state index contributed by atoms with van der Waals surface area (Å²) in [5.41, 5.74) is 2.34. The van der Waals surface area contributed by atoms with Gasteiger partial charge in [0.05, 0.1) is 5.39 Å². The van der Waals surface area contributed by atoms with Crippen LogP contribution < -0.4 is 10.2 Å². The van der Waals surface area contributed by atoms with Crippen molar-refractivity contribution in [3.05, 3.63) is 62.8 Å². The predicted octanol–water partition coefficient (Wildman–Crippen LogP) is 4.19. The molecule has 5 nitrogen and oxygen atoms in total. The number of rotatable bonds is 4. The number of aliphatic carboxylic acids is 1. The minimum absolute atomic E-state index is 0.140. The van der Waals surface area contributed by atoms with Crippen molar-refractivity contribution in [1.82, 2.24) is 0 Å². The molecule has 0 spiro atoms. The number of carboxylic acids is 1. The highest BCUT2D eigenvalue weighted by atomic mass is 35.5. The molecule has 1 heterocycles. The molecule has 0 saturated carbocycles. The summed E-state index contributed by atoms with van der Waals surface area (Å²) < 4.78 is 11.1. The molecule has 0 aliphatic heterocycles. The van der Waals surface area contributed by atoms with Crippen LogP contribution in [0.3, 0.4) is 0 Å². The highest BCUT2D eigenvalue weighted by Gasteiger charge is 2.19. The minimum Gasteiger partial charge on any atom is -0.479 e. The lowest BCUT2D eigenvalue weighted by Gasteiger charge is -2.11. The van der Waals surface area contributed by atoms with Crippen molar-refractivity contribution in [1.29, 1.82) is 0 Å². The second-order valence-electron chi connectivity index (χ2n) is 5.74. The maximum atomic E-state index is 12.8. The van der Waals surface area contributed by atoms with Crippen molar-refractivity contribution in [2.45, 2.75) is 13.8 Å². The van der Waals surface area contributed by atoms with E-state index in [9.17, 15) is 9.59 Å².